The number of rotatable bonds is 4. The lowest BCUT2D eigenvalue weighted by molar-refractivity contribution is -0.127. The van der Waals surface area contributed by atoms with E-state index >= 15 is 0 Å². The minimum absolute atomic E-state index is 0.249. The molecule has 1 heterocycles. The fourth-order valence-corrected chi connectivity index (χ4v) is 2.17. The Hall–Kier alpha value is -1.35. The molecule has 0 atom stereocenters. The normalized spacial score (nSPS) is 21.1. The molecule has 0 unspecified atom stereocenters. The molecule has 94 valence electrons. The van der Waals surface area contributed by atoms with Crippen LogP contribution in [0, 0.1) is 5.41 Å². The highest BCUT2D eigenvalue weighted by Crippen LogP contribution is 2.38. The van der Waals surface area contributed by atoms with Crippen molar-refractivity contribution < 1.29 is 4.79 Å². The second-order valence-electron chi connectivity index (χ2n) is 4.66. The molecule has 1 amide bonds. The van der Waals surface area contributed by atoms with Crippen LogP contribution in [0.5, 0.6) is 0 Å². The maximum Gasteiger partial charge on any atom is 0.228 e. The molecule has 0 radical (unpaired) electrons. The predicted octanol–water partition coefficient (Wildman–Crippen LogP) is 1.87. The number of primary amides is 1. The van der Waals surface area contributed by atoms with Crippen LogP contribution in [0.4, 0.5) is 0 Å². The third-order valence-electron chi connectivity index (χ3n) is 3.53. The van der Waals surface area contributed by atoms with Gasteiger partial charge in [-0.05, 0) is 45.5 Å². The largest absolute Gasteiger partial charge is 0.369 e. The molecule has 1 fully saturated rings. The highest BCUT2D eigenvalue weighted by molar-refractivity contribution is 5.85. The van der Waals surface area contributed by atoms with E-state index in [1.54, 1.807) is 0 Å². The smallest absolute Gasteiger partial charge is 0.228 e. The van der Waals surface area contributed by atoms with E-state index in [4.69, 9.17) is 5.73 Å². The zero-order chi connectivity index (χ0) is 12.9. The van der Waals surface area contributed by atoms with Gasteiger partial charge in [-0.25, -0.2) is 0 Å². The summed E-state index contributed by atoms with van der Waals surface area (Å²) in [4.78, 5) is 14.0. The molecule has 1 aliphatic rings. The van der Waals surface area contributed by atoms with Crippen LogP contribution in [0.15, 0.2) is 36.5 Å². The van der Waals surface area contributed by atoms with Crippen LogP contribution in [0.1, 0.15) is 19.8 Å². The Bertz CT molecular complexity index is 347. The Balaban J connectivity index is 2.85. The van der Waals surface area contributed by atoms with E-state index in [1.165, 1.54) is 0 Å². The Morgan fingerprint density at radius 1 is 1.35 bits per heavy atom. The van der Waals surface area contributed by atoms with Gasteiger partial charge in [-0.2, -0.15) is 0 Å². The van der Waals surface area contributed by atoms with Gasteiger partial charge in [0.15, 0.2) is 0 Å². The van der Waals surface area contributed by atoms with Gasteiger partial charge in [-0.1, -0.05) is 30.9 Å². The fraction of sp³-hybridized carbons (Fsp3) is 0.500. The number of likely N-dealkylation sites (tertiary alicyclic amines) is 1. The van der Waals surface area contributed by atoms with E-state index in [-0.39, 0.29) is 5.91 Å². The molecule has 0 aromatic rings. The standard InChI is InChI=1S/C14H22N2O/c1-4-5-6-7-12(2)14(13(15)17)8-10-16(3)11-9-14/h4-7H,2,8-11H2,1,3H3,(H2,15,17)/b5-4-,7-6-. The Kier molecular flexibility index (Phi) is 4.70. The maximum absolute atomic E-state index is 11.7. The van der Waals surface area contributed by atoms with Gasteiger partial charge in [0.2, 0.25) is 5.91 Å². The molecule has 0 aliphatic carbocycles. The van der Waals surface area contributed by atoms with Gasteiger partial charge in [-0.15, -0.1) is 0 Å². The SMILES string of the molecule is C=C(/C=C\C=C/C)C1(C(N)=O)CCN(C)CC1. The van der Waals surface area contributed by atoms with E-state index in [0.29, 0.717) is 0 Å². The van der Waals surface area contributed by atoms with E-state index in [1.807, 2.05) is 31.2 Å². The molecule has 1 rings (SSSR count). The Morgan fingerprint density at radius 3 is 2.41 bits per heavy atom. The van der Waals surface area contributed by atoms with Crippen molar-refractivity contribution in [3.8, 4) is 0 Å². The summed E-state index contributed by atoms with van der Waals surface area (Å²) in [5.41, 5.74) is 5.86. The van der Waals surface area contributed by atoms with Crippen LogP contribution >= 0.6 is 0 Å². The monoisotopic (exact) mass is 234 g/mol. The van der Waals surface area contributed by atoms with Crippen molar-refractivity contribution in [2.45, 2.75) is 19.8 Å². The van der Waals surface area contributed by atoms with Crippen LogP contribution in [0.25, 0.3) is 0 Å². The minimum atomic E-state index is -0.551. The highest BCUT2D eigenvalue weighted by atomic mass is 16.1. The summed E-state index contributed by atoms with van der Waals surface area (Å²) < 4.78 is 0. The molecular weight excluding hydrogens is 212 g/mol. The van der Waals surface area contributed by atoms with E-state index < -0.39 is 5.41 Å². The van der Waals surface area contributed by atoms with Crippen LogP contribution in [-0.2, 0) is 4.79 Å². The van der Waals surface area contributed by atoms with Gasteiger partial charge < -0.3 is 10.6 Å². The first-order chi connectivity index (χ1) is 8.03. The van der Waals surface area contributed by atoms with Gasteiger partial charge in [0.1, 0.15) is 0 Å². The average Bonchev–Trinajstić information content (AvgIpc) is 2.30. The maximum atomic E-state index is 11.7. The second kappa shape index (κ2) is 5.82. The number of nitrogens with two attached hydrogens (primary N) is 1. The lowest BCUT2D eigenvalue weighted by Crippen LogP contribution is -2.46. The van der Waals surface area contributed by atoms with Crippen molar-refractivity contribution in [3.05, 3.63) is 36.5 Å². The van der Waals surface area contributed by atoms with Crippen molar-refractivity contribution in [2.75, 3.05) is 20.1 Å². The molecule has 0 bridgehead atoms. The second-order valence-corrected chi connectivity index (χ2v) is 4.66. The third-order valence-corrected chi connectivity index (χ3v) is 3.53. The van der Waals surface area contributed by atoms with E-state index in [2.05, 4.69) is 18.5 Å². The topological polar surface area (TPSA) is 46.3 Å². The summed E-state index contributed by atoms with van der Waals surface area (Å²) in [5.74, 6) is -0.249. The summed E-state index contributed by atoms with van der Waals surface area (Å²) in [6, 6.07) is 0. The summed E-state index contributed by atoms with van der Waals surface area (Å²) in [6.45, 7) is 7.76. The molecule has 3 nitrogen and oxygen atoms in total. The molecule has 0 spiro atoms. The van der Waals surface area contributed by atoms with Gasteiger partial charge >= 0.3 is 0 Å². The first-order valence-corrected chi connectivity index (χ1v) is 6.00. The first kappa shape index (κ1) is 13.7. The average molecular weight is 234 g/mol. The number of hydrogen-bond acceptors (Lipinski definition) is 2. The molecule has 0 aromatic carbocycles. The molecule has 1 saturated heterocycles. The fourth-order valence-electron chi connectivity index (χ4n) is 2.17. The van der Waals surface area contributed by atoms with Gasteiger partial charge in [0.25, 0.3) is 0 Å². The number of carbonyl (C=O) groups is 1. The first-order valence-electron chi connectivity index (χ1n) is 6.00. The molecule has 2 N–H and O–H groups in total. The summed E-state index contributed by atoms with van der Waals surface area (Å²) in [5, 5.41) is 0. The van der Waals surface area contributed by atoms with Crippen LogP contribution in [-0.4, -0.2) is 30.9 Å². The number of nitrogens with zero attached hydrogens (tertiary/aromatic N) is 1. The van der Waals surface area contributed by atoms with Crippen LogP contribution in [0.3, 0.4) is 0 Å². The van der Waals surface area contributed by atoms with E-state index in [0.717, 1.165) is 31.5 Å². The van der Waals surface area contributed by atoms with Crippen molar-refractivity contribution in [3.63, 3.8) is 0 Å². The molecule has 0 saturated carbocycles. The summed E-state index contributed by atoms with van der Waals surface area (Å²) >= 11 is 0. The molecule has 1 aliphatic heterocycles. The van der Waals surface area contributed by atoms with Crippen molar-refractivity contribution in [1.29, 1.82) is 0 Å². The number of hydrogen-bond donors (Lipinski definition) is 1. The van der Waals surface area contributed by atoms with Gasteiger partial charge in [0, 0.05) is 0 Å². The van der Waals surface area contributed by atoms with Gasteiger partial charge in [-0.3, -0.25) is 4.79 Å². The van der Waals surface area contributed by atoms with Gasteiger partial charge in [0.05, 0.1) is 5.41 Å². The van der Waals surface area contributed by atoms with Crippen LogP contribution < -0.4 is 5.73 Å². The van der Waals surface area contributed by atoms with Crippen LogP contribution in [0.2, 0.25) is 0 Å². The molecule has 3 heteroatoms. The summed E-state index contributed by atoms with van der Waals surface area (Å²) in [6.07, 6.45) is 9.20. The van der Waals surface area contributed by atoms with Crippen molar-refractivity contribution >= 4 is 5.91 Å². The number of amides is 1. The van der Waals surface area contributed by atoms with Crippen molar-refractivity contribution in [2.24, 2.45) is 11.1 Å². The zero-order valence-electron chi connectivity index (χ0n) is 10.8. The lowest BCUT2D eigenvalue weighted by Gasteiger charge is -2.38. The van der Waals surface area contributed by atoms with Crippen molar-refractivity contribution in [1.82, 2.24) is 4.90 Å². The highest BCUT2D eigenvalue weighted by Gasteiger charge is 2.40. The number of piperidine rings is 1. The molecular formula is C14H22N2O. The molecule has 17 heavy (non-hydrogen) atoms. The number of carbonyl (C=O) groups excluding carboxylic acids is 1. The lowest BCUT2D eigenvalue weighted by atomic mass is 9.72. The zero-order valence-corrected chi connectivity index (χ0v) is 10.8. The molecule has 0 aromatic heterocycles. The predicted molar refractivity (Wildman–Crippen MR) is 71.5 cm³/mol. The Morgan fingerprint density at radius 2 is 1.94 bits per heavy atom. The number of allylic oxidation sites excluding steroid dienone is 4. The van der Waals surface area contributed by atoms with E-state index in [9.17, 15) is 4.79 Å². The third kappa shape index (κ3) is 3.07. The quantitative estimate of drug-likeness (QED) is 0.755. The summed E-state index contributed by atoms with van der Waals surface area (Å²) in [7, 11) is 2.06. The Labute approximate surface area is 104 Å². The minimum Gasteiger partial charge on any atom is -0.369 e.